The highest BCUT2D eigenvalue weighted by atomic mass is 35.5. The van der Waals surface area contributed by atoms with Crippen LogP contribution in [0, 0.1) is 10.1 Å². The molecule has 1 aliphatic heterocycles. The molecule has 1 fully saturated rings. The second kappa shape index (κ2) is 4.73. The molecule has 0 aliphatic carbocycles. The molecule has 0 atom stereocenters. The first-order valence-electron chi connectivity index (χ1n) is 5.24. The number of benzene rings is 1. The summed E-state index contributed by atoms with van der Waals surface area (Å²) in [4.78, 5) is 35.1. The van der Waals surface area contributed by atoms with Gasteiger partial charge >= 0.3 is 11.8 Å². The lowest BCUT2D eigenvalue weighted by atomic mass is 10.2. The fourth-order valence-electron chi connectivity index (χ4n) is 1.76. The Kier molecular flexibility index (Phi) is 3.26. The van der Waals surface area contributed by atoms with Gasteiger partial charge in [-0.05, 0) is 23.2 Å². The van der Waals surface area contributed by atoms with E-state index in [1.54, 1.807) is 6.07 Å². The van der Waals surface area contributed by atoms with Gasteiger partial charge in [0.2, 0.25) is 0 Å². The lowest BCUT2D eigenvalue weighted by Crippen LogP contribution is -2.56. The van der Waals surface area contributed by atoms with Gasteiger partial charge in [0.1, 0.15) is 6.54 Å². The molecule has 1 aromatic carbocycles. The van der Waals surface area contributed by atoms with E-state index in [-0.39, 0.29) is 29.5 Å². The second-order valence-corrected chi connectivity index (χ2v) is 4.26. The number of amides is 2. The normalized spacial score (nSPS) is 15.8. The second-order valence-electron chi connectivity index (χ2n) is 3.83. The van der Waals surface area contributed by atoms with E-state index < -0.39 is 16.8 Å². The van der Waals surface area contributed by atoms with Crippen molar-refractivity contribution in [1.82, 2.24) is 5.01 Å². The van der Waals surface area contributed by atoms with Gasteiger partial charge in [0.25, 0.3) is 0 Å². The number of halogens is 1. The molecule has 8 nitrogen and oxygen atoms in total. The number of nitrogens with two attached hydrogens (primary N) is 1. The minimum absolute atomic E-state index is 0.0178. The molecular weight excluding hydrogens is 276 g/mol. The number of nitrogen functional groups attached to an aromatic ring is 1. The van der Waals surface area contributed by atoms with E-state index in [4.69, 9.17) is 17.3 Å². The Morgan fingerprint density at radius 1 is 1.26 bits per heavy atom. The summed E-state index contributed by atoms with van der Waals surface area (Å²) in [6.45, 7) is -0.223. The van der Waals surface area contributed by atoms with Crippen LogP contribution < -0.4 is 10.6 Å². The highest BCUT2D eigenvalue weighted by Crippen LogP contribution is 2.28. The Hall–Kier alpha value is -2.35. The summed E-state index contributed by atoms with van der Waals surface area (Å²) in [5.74, 6) is -2.20. The first-order chi connectivity index (χ1) is 8.91. The standard InChI is InChI=1S/C10H9ClN4O4/c11-6-1-2-7(12)8(5-6)13-3-4-14(15(18)19)10(17)9(13)16/h1-2,5H,3-4,12H2. The molecule has 0 unspecified atom stereocenters. The van der Waals surface area contributed by atoms with Gasteiger partial charge < -0.3 is 5.73 Å². The van der Waals surface area contributed by atoms with E-state index in [1.165, 1.54) is 12.1 Å². The Balaban J connectivity index is 2.33. The Morgan fingerprint density at radius 2 is 1.95 bits per heavy atom. The maximum Gasteiger partial charge on any atom is 0.371 e. The van der Waals surface area contributed by atoms with E-state index in [0.29, 0.717) is 5.02 Å². The van der Waals surface area contributed by atoms with Gasteiger partial charge in [0.15, 0.2) is 5.03 Å². The predicted molar refractivity (Wildman–Crippen MR) is 66.9 cm³/mol. The fourth-order valence-corrected chi connectivity index (χ4v) is 1.93. The van der Waals surface area contributed by atoms with E-state index in [9.17, 15) is 19.7 Å². The number of nitro groups is 1. The van der Waals surface area contributed by atoms with Crippen LogP contribution in [0.15, 0.2) is 18.2 Å². The summed E-state index contributed by atoms with van der Waals surface area (Å²) in [7, 11) is 0. The zero-order chi connectivity index (χ0) is 14.2. The van der Waals surface area contributed by atoms with Crippen molar-refractivity contribution >= 4 is 34.8 Å². The first-order valence-corrected chi connectivity index (χ1v) is 5.62. The van der Waals surface area contributed by atoms with Crippen molar-refractivity contribution in [3.63, 3.8) is 0 Å². The summed E-state index contributed by atoms with van der Waals surface area (Å²) in [6.07, 6.45) is 0. The number of rotatable bonds is 2. The van der Waals surface area contributed by atoms with Crippen LogP contribution in [0.25, 0.3) is 0 Å². The van der Waals surface area contributed by atoms with Crippen molar-refractivity contribution in [3.8, 4) is 0 Å². The van der Waals surface area contributed by atoms with Crippen LogP contribution in [-0.2, 0) is 9.59 Å². The summed E-state index contributed by atoms with van der Waals surface area (Å²) in [6, 6.07) is 4.47. The summed E-state index contributed by atoms with van der Waals surface area (Å²) in [5.41, 5.74) is 6.25. The van der Waals surface area contributed by atoms with Gasteiger partial charge in [-0.25, -0.2) is 10.1 Å². The van der Waals surface area contributed by atoms with Crippen molar-refractivity contribution in [2.75, 3.05) is 23.7 Å². The third kappa shape index (κ3) is 2.29. The molecule has 0 radical (unpaired) electrons. The number of anilines is 2. The van der Waals surface area contributed by atoms with Crippen LogP contribution in [0.1, 0.15) is 0 Å². The average molecular weight is 285 g/mol. The Labute approximate surface area is 112 Å². The van der Waals surface area contributed by atoms with Crippen LogP contribution in [0.5, 0.6) is 0 Å². The Morgan fingerprint density at radius 3 is 2.58 bits per heavy atom. The van der Waals surface area contributed by atoms with E-state index in [2.05, 4.69) is 0 Å². The number of hydrogen-bond acceptors (Lipinski definition) is 5. The highest BCUT2D eigenvalue weighted by molar-refractivity contribution is 6.41. The summed E-state index contributed by atoms with van der Waals surface area (Å²) < 4.78 is 0. The number of carbonyl (C=O) groups excluding carboxylic acids is 2. The molecule has 2 rings (SSSR count). The minimum Gasteiger partial charge on any atom is -0.397 e. The number of hydrazine groups is 1. The van der Waals surface area contributed by atoms with E-state index in [1.807, 2.05) is 0 Å². The number of hydrogen-bond donors (Lipinski definition) is 1. The van der Waals surface area contributed by atoms with Crippen LogP contribution >= 0.6 is 11.6 Å². The van der Waals surface area contributed by atoms with Crippen LogP contribution in [0.3, 0.4) is 0 Å². The molecule has 2 N–H and O–H groups in total. The van der Waals surface area contributed by atoms with Gasteiger partial charge in [0.05, 0.1) is 17.9 Å². The van der Waals surface area contributed by atoms with Gasteiger partial charge in [-0.1, -0.05) is 11.6 Å². The van der Waals surface area contributed by atoms with Crippen molar-refractivity contribution < 1.29 is 14.6 Å². The number of nitrogens with zero attached hydrogens (tertiary/aromatic N) is 3. The molecule has 9 heteroatoms. The molecule has 0 saturated carbocycles. The SMILES string of the molecule is Nc1ccc(Cl)cc1N1CCN([N+](=O)[O-])C(=O)C1=O. The average Bonchev–Trinajstić information content (AvgIpc) is 2.35. The van der Waals surface area contributed by atoms with Gasteiger partial charge in [0, 0.05) is 5.02 Å². The molecule has 2 amide bonds. The molecule has 1 aliphatic rings. The van der Waals surface area contributed by atoms with E-state index >= 15 is 0 Å². The molecule has 1 aromatic rings. The first kappa shape index (κ1) is 13.1. The van der Waals surface area contributed by atoms with Crippen LogP contribution in [0.2, 0.25) is 5.02 Å². The maximum atomic E-state index is 11.8. The van der Waals surface area contributed by atoms with Gasteiger partial charge in [-0.2, -0.15) is 0 Å². The van der Waals surface area contributed by atoms with Crippen molar-refractivity contribution in [2.45, 2.75) is 0 Å². The number of piperazine rings is 1. The molecule has 0 aromatic heterocycles. The van der Waals surface area contributed by atoms with E-state index in [0.717, 1.165) is 4.90 Å². The number of carbonyl (C=O) groups is 2. The summed E-state index contributed by atoms with van der Waals surface area (Å²) >= 11 is 5.80. The largest absolute Gasteiger partial charge is 0.397 e. The van der Waals surface area contributed by atoms with Crippen LogP contribution in [0.4, 0.5) is 11.4 Å². The third-order valence-corrected chi connectivity index (χ3v) is 2.91. The molecule has 0 bridgehead atoms. The summed E-state index contributed by atoms with van der Waals surface area (Å²) in [5, 5.41) is 10.3. The maximum absolute atomic E-state index is 11.8. The van der Waals surface area contributed by atoms with Crippen molar-refractivity contribution in [1.29, 1.82) is 0 Å². The monoisotopic (exact) mass is 284 g/mol. The highest BCUT2D eigenvalue weighted by Gasteiger charge is 2.40. The zero-order valence-corrected chi connectivity index (χ0v) is 10.3. The minimum atomic E-state index is -1.20. The molecule has 19 heavy (non-hydrogen) atoms. The molecular formula is C10H9ClN4O4. The lowest BCUT2D eigenvalue weighted by molar-refractivity contribution is -0.633. The topological polar surface area (TPSA) is 110 Å². The molecule has 0 spiro atoms. The van der Waals surface area contributed by atoms with Gasteiger partial charge in [-0.3, -0.25) is 14.5 Å². The fraction of sp³-hybridized carbons (Fsp3) is 0.200. The smallest absolute Gasteiger partial charge is 0.371 e. The predicted octanol–water partition coefficient (Wildman–Crippen LogP) is 0.289. The molecule has 100 valence electrons. The van der Waals surface area contributed by atoms with Gasteiger partial charge in [-0.15, -0.1) is 0 Å². The quantitative estimate of drug-likeness (QED) is 0.363. The zero-order valence-electron chi connectivity index (χ0n) is 9.58. The molecule has 1 heterocycles. The lowest BCUT2D eigenvalue weighted by Gasteiger charge is -2.29. The third-order valence-electron chi connectivity index (χ3n) is 2.68. The molecule has 1 saturated heterocycles. The van der Waals surface area contributed by atoms with Crippen LogP contribution in [-0.4, -0.2) is 34.9 Å². The van der Waals surface area contributed by atoms with Crippen molar-refractivity contribution in [3.05, 3.63) is 33.3 Å². The van der Waals surface area contributed by atoms with Crippen molar-refractivity contribution in [2.24, 2.45) is 0 Å². The Bertz CT molecular complexity index is 577.